The second-order valence-corrected chi connectivity index (χ2v) is 4.50. The van der Waals surface area contributed by atoms with Gasteiger partial charge in [-0.2, -0.15) is 18.4 Å². The number of aromatic amines is 1. The van der Waals surface area contributed by atoms with Crippen LogP contribution in [-0.4, -0.2) is 21.3 Å². The summed E-state index contributed by atoms with van der Waals surface area (Å²) in [5.74, 6) is -0.934. The van der Waals surface area contributed by atoms with Crippen LogP contribution in [0.5, 0.6) is 0 Å². The van der Waals surface area contributed by atoms with Gasteiger partial charge in [-0.3, -0.25) is 0 Å². The molecule has 19 heavy (non-hydrogen) atoms. The summed E-state index contributed by atoms with van der Waals surface area (Å²) in [5.41, 5.74) is -3.53. The standard InChI is InChI=1S/C10H4Cl2F3N3O/c11-4-1-6-7(2-5(4)12)18-8(17-6)9(19,3-16)10(13,14)15/h1-2,19H,(H,17,18). The lowest BCUT2D eigenvalue weighted by Gasteiger charge is -2.20. The molecule has 0 saturated heterocycles. The molecule has 0 aliphatic rings. The number of hydrogen-bond donors (Lipinski definition) is 2. The molecule has 100 valence electrons. The number of aromatic nitrogens is 2. The third-order valence-electron chi connectivity index (χ3n) is 2.44. The molecule has 1 aromatic heterocycles. The number of nitrogens with zero attached hydrogens (tertiary/aromatic N) is 2. The second kappa shape index (κ2) is 4.27. The Kier molecular flexibility index (Phi) is 3.13. The summed E-state index contributed by atoms with van der Waals surface area (Å²) in [7, 11) is 0. The zero-order valence-electron chi connectivity index (χ0n) is 8.89. The molecule has 1 unspecified atom stereocenters. The number of nitrogens with one attached hydrogen (secondary N) is 1. The fraction of sp³-hybridized carbons (Fsp3) is 0.200. The van der Waals surface area contributed by atoms with E-state index in [1.54, 1.807) is 0 Å². The zero-order valence-corrected chi connectivity index (χ0v) is 10.4. The number of benzene rings is 1. The fourth-order valence-electron chi connectivity index (χ4n) is 1.43. The second-order valence-electron chi connectivity index (χ2n) is 3.69. The predicted octanol–water partition coefficient (Wildman–Crippen LogP) is 3.14. The molecule has 0 amide bonds. The number of nitriles is 1. The fourth-order valence-corrected chi connectivity index (χ4v) is 1.75. The molecule has 1 aromatic carbocycles. The number of alkyl halides is 3. The van der Waals surface area contributed by atoms with Crippen LogP contribution in [0.3, 0.4) is 0 Å². The predicted molar refractivity (Wildman–Crippen MR) is 61.7 cm³/mol. The lowest BCUT2D eigenvalue weighted by atomic mass is 10.1. The minimum Gasteiger partial charge on any atom is -0.362 e. The summed E-state index contributed by atoms with van der Waals surface area (Å²) in [5, 5.41) is 18.2. The first kappa shape index (κ1) is 13.9. The van der Waals surface area contributed by atoms with Crippen LogP contribution in [0, 0.1) is 11.3 Å². The summed E-state index contributed by atoms with van der Waals surface area (Å²) < 4.78 is 38.1. The molecule has 1 atom stereocenters. The van der Waals surface area contributed by atoms with Crippen LogP contribution in [0.2, 0.25) is 10.0 Å². The maximum atomic E-state index is 12.7. The van der Waals surface area contributed by atoms with Gasteiger partial charge >= 0.3 is 11.8 Å². The van der Waals surface area contributed by atoms with Crippen molar-refractivity contribution in [2.45, 2.75) is 11.8 Å². The molecule has 2 N–H and O–H groups in total. The molecule has 9 heteroatoms. The van der Waals surface area contributed by atoms with Gasteiger partial charge in [-0.05, 0) is 12.1 Å². The van der Waals surface area contributed by atoms with E-state index in [4.69, 9.17) is 28.5 Å². The Balaban J connectivity index is 2.68. The lowest BCUT2D eigenvalue weighted by molar-refractivity contribution is -0.244. The van der Waals surface area contributed by atoms with E-state index in [9.17, 15) is 18.3 Å². The van der Waals surface area contributed by atoms with Gasteiger partial charge in [0.15, 0.2) is 5.82 Å². The molecule has 4 nitrogen and oxygen atoms in total. The van der Waals surface area contributed by atoms with E-state index in [2.05, 4.69) is 9.97 Å². The van der Waals surface area contributed by atoms with E-state index in [0.29, 0.717) is 0 Å². The van der Waals surface area contributed by atoms with Crippen LogP contribution < -0.4 is 0 Å². The van der Waals surface area contributed by atoms with Crippen LogP contribution in [0.4, 0.5) is 13.2 Å². The highest BCUT2D eigenvalue weighted by Gasteiger charge is 2.58. The Morgan fingerprint density at radius 1 is 1.26 bits per heavy atom. The molecule has 0 aliphatic carbocycles. The van der Waals surface area contributed by atoms with Crippen LogP contribution in [0.15, 0.2) is 12.1 Å². The third-order valence-corrected chi connectivity index (χ3v) is 3.16. The Bertz CT molecular complexity index is 653. The summed E-state index contributed by atoms with van der Waals surface area (Å²) in [6, 6.07) is 3.28. The van der Waals surface area contributed by atoms with Gasteiger partial charge in [-0.1, -0.05) is 23.2 Å². The van der Waals surface area contributed by atoms with Gasteiger partial charge in [0.25, 0.3) is 0 Å². The van der Waals surface area contributed by atoms with E-state index >= 15 is 0 Å². The van der Waals surface area contributed by atoms with Gasteiger partial charge < -0.3 is 10.1 Å². The topological polar surface area (TPSA) is 72.7 Å². The third kappa shape index (κ3) is 2.12. The van der Waals surface area contributed by atoms with Crippen molar-refractivity contribution in [1.29, 1.82) is 5.26 Å². The van der Waals surface area contributed by atoms with Gasteiger partial charge in [0.2, 0.25) is 0 Å². The first-order chi connectivity index (χ1) is 8.69. The maximum Gasteiger partial charge on any atom is 0.438 e. The van der Waals surface area contributed by atoms with Gasteiger partial charge in [0.05, 0.1) is 21.1 Å². The highest BCUT2D eigenvalue weighted by Crippen LogP contribution is 2.38. The molecule has 0 radical (unpaired) electrons. The van der Waals surface area contributed by atoms with E-state index in [1.807, 2.05) is 0 Å². The van der Waals surface area contributed by atoms with Crippen LogP contribution in [0.1, 0.15) is 5.82 Å². The minimum absolute atomic E-state index is 0.0577. The Morgan fingerprint density at radius 2 is 1.84 bits per heavy atom. The SMILES string of the molecule is N#CC(O)(c1nc2cc(Cl)c(Cl)cc2[nH]1)C(F)(F)F. The van der Waals surface area contributed by atoms with E-state index in [-0.39, 0.29) is 21.1 Å². The van der Waals surface area contributed by atoms with Crippen molar-refractivity contribution in [2.75, 3.05) is 0 Å². The number of imidazole rings is 1. The molecule has 1 heterocycles. The van der Waals surface area contributed by atoms with Crippen LogP contribution in [0.25, 0.3) is 11.0 Å². The van der Waals surface area contributed by atoms with Crippen molar-refractivity contribution in [1.82, 2.24) is 9.97 Å². The van der Waals surface area contributed by atoms with E-state index in [0.717, 1.165) is 6.07 Å². The largest absolute Gasteiger partial charge is 0.438 e. The molecule has 0 fully saturated rings. The number of H-pyrrole nitrogens is 1. The van der Waals surface area contributed by atoms with Gasteiger partial charge in [0, 0.05) is 0 Å². The highest BCUT2D eigenvalue weighted by molar-refractivity contribution is 6.42. The monoisotopic (exact) mass is 309 g/mol. The van der Waals surface area contributed by atoms with Crippen LogP contribution >= 0.6 is 23.2 Å². The number of rotatable bonds is 1. The highest BCUT2D eigenvalue weighted by atomic mass is 35.5. The number of aliphatic hydroxyl groups is 1. The quantitative estimate of drug-likeness (QED) is 0.795. The van der Waals surface area contributed by atoms with Crippen molar-refractivity contribution < 1.29 is 18.3 Å². The first-order valence-corrected chi connectivity index (χ1v) is 5.50. The van der Waals surface area contributed by atoms with Gasteiger partial charge in [0.1, 0.15) is 6.07 Å². The Hall–Kier alpha value is -1.49. The number of hydrogen-bond acceptors (Lipinski definition) is 3. The van der Waals surface area contributed by atoms with Gasteiger partial charge in [-0.15, -0.1) is 0 Å². The van der Waals surface area contributed by atoms with E-state index < -0.39 is 17.6 Å². The number of fused-ring (bicyclic) bond motifs is 1. The Labute approximate surface area is 114 Å². The minimum atomic E-state index is -5.19. The normalized spacial score (nSPS) is 15.2. The van der Waals surface area contributed by atoms with E-state index in [1.165, 1.54) is 12.1 Å². The molecule has 0 spiro atoms. The average Bonchev–Trinajstić information content (AvgIpc) is 2.70. The average molecular weight is 310 g/mol. The summed E-state index contributed by atoms with van der Waals surface area (Å²) >= 11 is 11.4. The van der Waals surface area contributed by atoms with Gasteiger partial charge in [-0.25, -0.2) is 4.98 Å². The molecule has 0 aliphatic heterocycles. The molecular weight excluding hydrogens is 306 g/mol. The Morgan fingerprint density at radius 3 is 2.37 bits per heavy atom. The van der Waals surface area contributed by atoms with Crippen molar-refractivity contribution >= 4 is 34.2 Å². The van der Waals surface area contributed by atoms with Crippen LogP contribution in [-0.2, 0) is 5.60 Å². The lowest BCUT2D eigenvalue weighted by Crippen LogP contribution is -2.41. The maximum absolute atomic E-state index is 12.7. The summed E-state index contributed by atoms with van der Waals surface area (Å²) in [6.45, 7) is 0. The van der Waals surface area contributed by atoms with Crippen molar-refractivity contribution in [3.8, 4) is 6.07 Å². The van der Waals surface area contributed by atoms with Crippen molar-refractivity contribution in [2.24, 2.45) is 0 Å². The van der Waals surface area contributed by atoms with Crippen molar-refractivity contribution in [3.05, 3.63) is 28.0 Å². The number of halogens is 5. The molecule has 2 aromatic rings. The molecule has 0 saturated carbocycles. The van der Waals surface area contributed by atoms with Crippen molar-refractivity contribution in [3.63, 3.8) is 0 Å². The molecule has 0 bridgehead atoms. The molecule has 2 rings (SSSR count). The zero-order chi connectivity index (χ0) is 14.4. The summed E-state index contributed by atoms with van der Waals surface area (Å²) in [4.78, 5) is 5.75. The smallest absolute Gasteiger partial charge is 0.362 e. The molecular formula is C10H4Cl2F3N3O. The summed E-state index contributed by atoms with van der Waals surface area (Å²) in [6.07, 6.45) is -5.19. The first-order valence-electron chi connectivity index (χ1n) is 4.74.